The first kappa shape index (κ1) is 23.1. The number of hydrogen-bond donors (Lipinski definition) is 0. The van der Waals surface area contributed by atoms with Gasteiger partial charge < -0.3 is 9.47 Å². The normalized spacial score (nSPS) is 11.2. The predicted molar refractivity (Wildman–Crippen MR) is 149 cm³/mol. The lowest BCUT2D eigenvalue weighted by Gasteiger charge is -2.14. The van der Waals surface area contributed by atoms with E-state index in [0.29, 0.717) is 22.9 Å². The van der Waals surface area contributed by atoms with E-state index in [1.54, 1.807) is 14.2 Å². The van der Waals surface area contributed by atoms with Crippen LogP contribution in [0.15, 0.2) is 97.1 Å². The van der Waals surface area contributed by atoms with Crippen LogP contribution >= 0.6 is 11.6 Å². The van der Waals surface area contributed by atoms with E-state index in [9.17, 15) is 0 Å². The first-order chi connectivity index (χ1) is 18.2. The van der Waals surface area contributed by atoms with Crippen molar-refractivity contribution in [3.8, 4) is 28.4 Å². The minimum atomic E-state index is 0.626. The molecular weight excluding hydrogens is 482 g/mol. The molecule has 0 bridgehead atoms. The Morgan fingerprint density at radius 2 is 1.38 bits per heavy atom. The van der Waals surface area contributed by atoms with E-state index >= 15 is 0 Å². The quantitative estimate of drug-likeness (QED) is 0.235. The fourth-order valence-electron chi connectivity index (χ4n) is 4.80. The summed E-state index contributed by atoms with van der Waals surface area (Å²) in [6.07, 6.45) is 0.660. The Hall–Kier alpha value is -4.35. The summed E-state index contributed by atoms with van der Waals surface area (Å²) in [5.41, 5.74) is 5.40. The second-order valence-electron chi connectivity index (χ2n) is 8.75. The molecule has 0 aliphatic rings. The number of fused-ring (bicyclic) bond motifs is 3. The van der Waals surface area contributed by atoms with Crippen molar-refractivity contribution in [1.82, 2.24) is 14.8 Å². The van der Waals surface area contributed by atoms with Gasteiger partial charge >= 0.3 is 0 Å². The van der Waals surface area contributed by atoms with Crippen molar-refractivity contribution in [1.29, 1.82) is 0 Å². The van der Waals surface area contributed by atoms with E-state index < -0.39 is 0 Å². The van der Waals surface area contributed by atoms with Crippen LogP contribution in [0.2, 0.25) is 5.02 Å². The zero-order valence-corrected chi connectivity index (χ0v) is 21.2. The van der Waals surface area contributed by atoms with E-state index in [1.165, 1.54) is 5.56 Å². The highest BCUT2D eigenvalue weighted by atomic mass is 35.5. The van der Waals surface area contributed by atoms with Crippen LogP contribution in [-0.4, -0.2) is 29.0 Å². The van der Waals surface area contributed by atoms with Crippen LogP contribution in [0.1, 0.15) is 11.3 Å². The van der Waals surface area contributed by atoms with Crippen molar-refractivity contribution in [2.45, 2.75) is 6.42 Å². The Balaban J connectivity index is 1.76. The summed E-state index contributed by atoms with van der Waals surface area (Å²) in [6, 6.07) is 32.2. The number of methoxy groups -OCH3 is 2. The highest BCUT2D eigenvalue weighted by Crippen LogP contribution is 2.42. The molecule has 2 heterocycles. The van der Waals surface area contributed by atoms with Crippen molar-refractivity contribution in [3.05, 3.63) is 113 Å². The van der Waals surface area contributed by atoms with Crippen molar-refractivity contribution in [3.63, 3.8) is 0 Å². The maximum Gasteiger partial charge on any atom is 0.164 e. The average molecular weight is 506 g/mol. The van der Waals surface area contributed by atoms with E-state index in [4.69, 9.17) is 31.2 Å². The number of halogens is 1. The second-order valence-corrected chi connectivity index (χ2v) is 9.16. The average Bonchev–Trinajstić information content (AvgIpc) is 3.31. The van der Waals surface area contributed by atoms with Crippen LogP contribution in [-0.2, 0) is 6.42 Å². The third kappa shape index (κ3) is 4.07. The van der Waals surface area contributed by atoms with Crippen molar-refractivity contribution >= 4 is 33.4 Å². The minimum absolute atomic E-state index is 0.626. The van der Waals surface area contributed by atoms with Crippen LogP contribution in [0, 0.1) is 0 Å². The van der Waals surface area contributed by atoms with Gasteiger partial charge in [0.25, 0.3) is 0 Å². The molecule has 6 aromatic rings. The molecule has 0 radical (unpaired) electrons. The Bertz CT molecular complexity index is 1730. The molecule has 0 unspecified atom stereocenters. The van der Waals surface area contributed by atoms with Crippen LogP contribution in [0.25, 0.3) is 38.8 Å². The summed E-state index contributed by atoms with van der Waals surface area (Å²) in [6.45, 7) is 0. The minimum Gasteiger partial charge on any atom is -0.493 e. The Morgan fingerprint density at radius 3 is 2.05 bits per heavy atom. The van der Waals surface area contributed by atoms with E-state index in [-0.39, 0.29) is 0 Å². The lowest BCUT2D eigenvalue weighted by Crippen LogP contribution is -1.99. The highest BCUT2D eigenvalue weighted by Gasteiger charge is 2.22. The number of nitrogens with zero attached hydrogens (tertiary/aromatic N) is 3. The van der Waals surface area contributed by atoms with Crippen LogP contribution in [0.4, 0.5) is 0 Å². The molecule has 4 aromatic carbocycles. The number of para-hydroxylation sites is 1. The molecule has 0 saturated heterocycles. The molecule has 0 aliphatic carbocycles. The summed E-state index contributed by atoms with van der Waals surface area (Å²) in [7, 11) is 3.29. The van der Waals surface area contributed by atoms with Gasteiger partial charge in [-0.25, -0.2) is 9.67 Å². The van der Waals surface area contributed by atoms with Crippen molar-refractivity contribution in [2.24, 2.45) is 0 Å². The highest BCUT2D eigenvalue weighted by molar-refractivity contribution is 6.33. The largest absolute Gasteiger partial charge is 0.493 e. The Labute approximate surface area is 219 Å². The molecule has 0 aliphatic heterocycles. The van der Waals surface area contributed by atoms with Crippen LogP contribution < -0.4 is 9.47 Å². The number of hydrogen-bond acceptors (Lipinski definition) is 4. The maximum absolute atomic E-state index is 6.69. The molecule has 6 rings (SSSR count). The summed E-state index contributed by atoms with van der Waals surface area (Å²) in [5, 5.41) is 8.60. The SMILES string of the molecule is COc1cc2c(-c3ccccc3Cl)nc3c(c(Cc4ccccc4)nn3-c3ccccc3)c2cc1OC. The van der Waals surface area contributed by atoms with E-state index in [0.717, 1.165) is 44.4 Å². The zero-order chi connectivity index (χ0) is 25.4. The summed E-state index contributed by atoms with van der Waals surface area (Å²) in [5.74, 6) is 1.27. The fraction of sp³-hybridized carbons (Fsp3) is 0.0968. The third-order valence-corrected chi connectivity index (χ3v) is 6.87. The molecule has 2 aromatic heterocycles. The monoisotopic (exact) mass is 505 g/mol. The lowest BCUT2D eigenvalue weighted by atomic mass is 9.98. The number of pyridine rings is 1. The van der Waals surface area contributed by atoms with Crippen molar-refractivity contribution in [2.75, 3.05) is 14.2 Å². The summed E-state index contributed by atoms with van der Waals surface area (Å²) >= 11 is 6.69. The van der Waals surface area contributed by atoms with Gasteiger partial charge in [0, 0.05) is 27.8 Å². The number of rotatable bonds is 6. The number of benzene rings is 4. The topological polar surface area (TPSA) is 49.2 Å². The molecule has 5 nitrogen and oxygen atoms in total. The van der Waals surface area contributed by atoms with Gasteiger partial charge in [-0.2, -0.15) is 5.10 Å². The molecule has 0 saturated carbocycles. The smallest absolute Gasteiger partial charge is 0.164 e. The summed E-state index contributed by atoms with van der Waals surface area (Å²) < 4.78 is 13.3. The molecule has 182 valence electrons. The van der Waals surface area contributed by atoms with Gasteiger partial charge in [-0.05, 0) is 35.9 Å². The molecule has 0 atom stereocenters. The maximum atomic E-state index is 6.69. The molecule has 37 heavy (non-hydrogen) atoms. The first-order valence-corrected chi connectivity index (χ1v) is 12.4. The molecule has 0 fully saturated rings. The number of aromatic nitrogens is 3. The molecular formula is C31H24ClN3O2. The van der Waals surface area contributed by atoms with Crippen LogP contribution in [0.5, 0.6) is 11.5 Å². The Morgan fingerprint density at radius 1 is 0.757 bits per heavy atom. The van der Waals surface area contributed by atoms with E-state index in [2.05, 4.69) is 12.1 Å². The summed E-state index contributed by atoms with van der Waals surface area (Å²) in [4.78, 5) is 5.22. The molecule has 0 N–H and O–H groups in total. The van der Waals surface area contributed by atoms with Gasteiger partial charge in [-0.15, -0.1) is 0 Å². The predicted octanol–water partition coefficient (Wildman–Crippen LogP) is 7.50. The molecule has 0 spiro atoms. The number of ether oxygens (including phenoxy) is 2. The van der Waals surface area contributed by atoms with E-state index in [1.807, 2.05) is 89.6 Å². The fourth-order valence-corrected chi connectivity index (χ4v) is 5.03. The van der Waals surface area contributed by atoms with Gasteiger partial charge in [0.15, 0.2) is 17.1 Å². The first-order valence-electron chi connectivity index (χ1n) is 12.0. The molecule has 0 amide bonds. The lowest BCUT2D eigenvalue weighted by molar-refractivity contribution is 0.356. The van der Waals surface area contributed by atoms with Gasteiger partial charge in [0.05, 0.1) is 36.7 Å². The van der Waals surface area contributed by atoms with Gasteiger partial charge in [-0.3, -0.25) is 0 Å². The Kier molecular flexibility index (Phi) is 5.99. The van der Waals surface area contributed by atoms with Gasteiger partial charge in [0.2, 0.25) is 0 Å². The van der Waals surface area contributed by atoms with Gasteiger partial charge in [0.1, 0.15) is 0 Å². The zero-order valence-electron chi connectivity index (χ0n) is 20.5. The molecule has 6 heteroatoms. The third-order valence-electron chi connectivity index (χ3n) is 6.54. The standard InChI is InChI=1S/C31H24ClN3O2/c1-36-27-18-23-24(19-28(27)37-2)30(22-15-9-10-16-25(22)32)33-31-29(23)26(17-20-11-5-3-6-12-20)34-35(31)21-13-7-4-8-14-21/h3-16,18-19H,17H2,1-2H3. The second kappa shape index (κ2) is 9.60. The van der Waals surface area contributed by atoms with Gasteiger partial charge in [-0.1, -0.05) is 78.3 Å². The van der Waals surface area contributed by atoms with Crippen LogP contribution in [0.3, 0.4) is 0 Å². The van der Waals surface area contributed by atoms with Crippen molar-refractivity contribution < 1.29 is 9.47 Å².